The number of amides is 1. The molecule has 0 unspecified atom stereocenters. The summed E-state index contributed by atoms with van der Waals surface area (Å²) >= 11 is 1.45. The second kappa shape index (κ2) is 8.43. The molecule has 1 N–H and O–H groups in total. The average Bonchev–Trinajstić information content (AvgIpc) is 3.58. The van der Waals surface area contributed by atoms with Crippen LogP contribution in [0.5, 0.6) is 0 Å². The molecule has 0 radical (unpaired) electrons. The van der Waals surface area contributed by atoms with E-state index < -0.39 is 0 Å². The number of Topliss-reactive ketones (excluding diaryl/α,β-unsaturated/α-hetero) is 1. The van der Waals surface area contributed by atoms with E-state index in [1.54, 1.807) is 12.4 Å². The van der Waals surface area contributed by atoms with Crippen LogP contribution < -0.4 is 0 Å². The number of nitrogens with one attached hydrogen (secondary N) is 1. The van der Waals surface area contributed by atoms with Gasteiger partial charge in [0.1, 0.15) is 5.52 Å². The first-order valence-corrected chi connectivity index (χ1v) is 12.5. The van der Waals surface area contributed by atoms with E-state index in [-0.39, 0.29) is 17.1 Å². The smallest absolute Gasteiger partial charge is 0.263 e. The number of hydrogen-bond donors (Lipinski definition) is 1. The molecule has 2 aliphatic rings. The van der Waals surface area contributed by atoms with Crippen molar-refractivity contribution in [2.75, 3.05) is 7.05 Å². The number of carbonyl (C=O) groups is 2. The Kier molecular flexibility index (Phi) is 5.61. The summed E-state index contributed by atoms with van der Waals surface area (Å²) in [6.07, 6.45) is 13.3. The number of fused-ring (bicyclic) bond motifs is 1. The van der Waals surface area contributed by atoms with E-state index in [1.165, 1.54) is 30.6 Å². The summed E-state index contributed by atoms with van der Waals surface area (Å²) in [5.74, 6) is 0.236. The minimum atomic E-state index is -0.321. The lowest BCUT2D eigenvalue weighted by molar-refractivity contribution is 0.0737. The summed E-state index contributed by atoms with van der Waals surface area (Å²) < 4.78 is 0. The van der Waals surface area contributed by atoms with Crippen molar-refractivity contribution in [3.8, 4) is 10.6 Å². The molecule has 0 aromatic carbocycles. The van der Waals surface area contributed by atoms with Gasteiger partial charge in [0.2, 0.25) is 0 Å². The lowest BCUT2D eigenvalue weighted by Gasteiger charge is -2.31. The van der Waals surface area contributed by atoms with Gasteiger partial charge in [0.25, 0.3) is 5.91 Å². The number of aromatic amines is 1. The van der Waals surface area contributed by atoms with Gasteiger partial charge in [-0.05, 0) is 37.8 Å². The molecule has 2 fully saturated rings. The van der Waals surface area contributed by atoms with Crippen LogP contribution in [-0.4, -0.2) is 44.6 Å². The molecule has 0 aliphatic heterocycles. The molecule has 2 aliphatic carbocycles. The maximum atomic E-state index is 13.4. The number of ketones is 1. The lowest BCUT2D eigenvalue weighted by Crippen LogP contribution is -2.34. The maximum Gasteiger partial charge on any atom is 0.263 e. The molecule has 3 heterocycles. The largest absolute Gasteiger partial charge is 0.344 e. The average molecular weight is 451 g/mol. The molecule has 3 aromatic rings. The summed E-state index contributed by atoms with van der Waals surface area (Å²) in [6.45, 7) is 2.09. The van der Waals surface area contributed by atoms with Crippen molar-refractivity contribution < 1.29 is 9.59 Å². The number of aromatic nitrogens is 3. The van der Waals surface area contributed by atoms with E-state index in [0.29, 0.717) is 28.5 Å². The Balaban J connectivity index is 1.42. The first kappa shape index (κ1) is 21.3. The van der Waals surface area contributed by atoms with Gasteiger partial charge >= 0.3 is 0 Å². The van der Waals surface area contributed by atoms with Gasteiger partial charge in [-0.3, -0.25) is 9.59 Å². The predicted molar refractivity (Wildman–Crippen MR) is 127 cm³/mol. The van der Waals surface area contributed by atoms with Crippen molar-refractivity contribution in [3.63, 3.8) is 0 Å². The van der Waals surface area contributed by atoms with E-state index in [2.05, 4.69) is 16.9 Å². The number of nitrogens with zero attached hydrogens (tertiary/aromatic N) is 3. The van der Waals surface area contributed by atoms with Gasteiger partial charge in [-0.15, -0.1) is 11.3 Å². The fourth-order valence-corrected chi connectivity index (χ4v) is 6.23. The Labute approximate surface area is 192 Å². The monoisotopic (exact) mass is 450 g/mol. The number of hydrogen-bond acceptors (Lipinski definition) is 5. The van der Waals surface area contributed by atoms with Crippen LogP contribution in [0, 0.1) is 5.41 Å². The van der Waals surface area contributed by atoms with E-state index in [1.807, 2.05) is 24.1 Å². The fourth-order valence-electron chi connectivity index (χ4n) is 5.29. The molecule has 1 amide bonds. The van der Waals surface area contributed by atoms with Crippen molar-refractivity contribution in [3.05, 3.63) is 35.0 Å². The zero-order valence-corrected chi connectivity index (χ0v) is 19.6. The minimum Gasteiger partial charge on any atom is -0.344 e. The highest BCUT2D eigenvalue weighted by Gasteiger charge is 2.36. The van der Waals surface area contributed by atoms with Crippen LogP contribution in [0.25, 0.3) is 21.7 Å². The number of carbonyl (C=O) groups excluding carboxylic acids is 2. The van der Waals surface area contributed by atoms with E-state index >= 15 is 0 Å². The summed E-state index contributed by atoms with van der Waals surface area (Å²) in [7, 11) is 1.91. The van der Waals surface area contributed by atoms with Crippen molar-refractivity contribution in [2.45, 2.75) is 70.8 Å². The van der Waals surface area contributed by atoms with Crippen LogP contribution in [0.1, 0.15) is 84.7 Å². The molecule has 7 heteroatoms. The number of H-pyrrole nitrogens is 1. The Hall–Kier alpha value is -2.54. The van der Waals surface area contributed by atoms with Crippen molar-refractivity contribution in [1.29, 1.82) is 0 Å². The normalized spacial score (nSPS) is 18.8. The molecular weight excluding hydrogens is 420 g/mol. The van der Waals surface area contributed by atoms with Crippen LogP contribution in [0.2, 0.25) is 0 Å². The van der Waals surface area contributed by atoms with Crippen molar-refractivity contribution in [1.82, 2.24) is 19.9 Å². The fraction of sp³-hybridized carbons (Fsp3) is 0.520. The molecule has 32 heavy (non-hydrogen) atoms. The van der Waals surface area contributed by atoms with Gasteiger partial charge in [-0.2, -0.15) is 0 Å². The number of thiophene rings is 1. The predicted octanol–water partition coefficient (Wildman–Crippen LogP) is 5.85. The highest BCUT2D eigenvalue weighted by Crippen LogP contribution is 2.40. The Bertz CT molecular complexity index is 1150. The van der Waals surface area contributed by atoms with Gasteiger partial charge < -0.3 is 9.88 Å². The zero-order valence-electron chi connectivity index (χ0n) is 18.8. The Morgan fingerprint density at radius 1 is 1.12 bits per heavy atom. The second-order valence-corrected chi connectivity index (χ2v) is 10.7. The standard InChI is InChI=1S/C25H30N4O2S/c1-25(12-6-3-7-13-25)22(30)17-14-26-23-21(17)28-18(15-27-23)19-10-11-20(32-19)24(31)29(2)16-8-4-5-9-16/h10-11,14-16H,3-9,12-13H2,1-2H3,(H,26,27). The zero-order chi connectivity index (χ0) is 22.3. The number of rotatable bonds is 5. The first-order valence-electron chi connectivity index (χ1n) is 11.7. The molecule has 0 saturated heterocycles. The van der Waals surface area contributed by atoms with Gasteiger partial charge in [0, 0.05) is 24.7 Å². The summed E-state index contributed by atoms with van der Waals surface area (Å²) in [5.41, 5.74) is 2.27. The molecule has 0 spiro atoms. The van der Waals surface area contributed by atoms with Crippen LogP contribution >= 0.6 is 11.3 Å². The third-order valence-corrected chi connectivity index (χ3v) is 8.49. The SMILES string of the molecule is CN(C(=O)c1ccc(-c2cnc3[nH]cc(C(=O)C4(C)CCCCC4)c3n2)s1)C1CCCC1. The van der Waals surface area contributed by atoms with Crippen LogP contribution in [-0.2, 0) is 0 Å². The van der Waals surface area contributed by atoms with Gasteiger partial charge in [0.05, 0.1) is 27.2 Å². The molecule has 2 saturated carbocycles. The van der Waals surface area contributed by atoms with Gasteiger partial charge in [0.15, 0.2) is 11.4 Å². The van der Waals surface area contributed by atoms with E-state index in [9.17, 15) is 9.59 Å². The second-order valence-electron chi connectivity index (χ2n) is 9.62. The Morgan fingerprint density at radius 3 is 2.62 bits per heavy atom. The molecule has 3 aromatic heterocycles. The van der Waals surface area contributed by atoms with Gasteiger partial charge in [-0.25, -0.2) is 9.97 Å². The highest BCUT2D eigenvalue weighted by atomic mass is 32.1. The molecule has 0 atom stereocenters. The van der Waals surface area contributed by atoms with E-state index in [0.717, 1.165) is 48.3 Å². The van der Waals surface area contributed by atoms with Crippen molar-refractivity contribution in [2.24, 2.45) is 5.41 Å². The molecule has 5 rings (SSSR count). The molecular formula is C25H30N4O2S. The maximum absolute atomic E-state index is 13.4. The van der Waals surface area contributed by atoms with E-state index in [4.69, 9.17) is 4.98 Å². The lowest BCUT2D eigenvalue weighted by atomic mass is 9.71. The molecule has 0 bridgehead atoms. The van der Waals surface area contributed by atoms with Crippen molar-refractivity contribution >= 4 is 34.2 Å². The van der Waals surface area contributed by atoms with Crippen LogP contribution in [0.4, 0.5) is 0 Å². The van der Waals surface area contributed by atoms with Crippen LogP contribution in [0.15, 0.2) is 24.5 Å². The van der Waals surface area contributed by atoms with Gasteiger partial charge in [-0.1, -0.05) is 39.0 Å². The summed E-state index contributed by atoms with van der Waals surface area (Å²) in [5, 5.41) is 0. The third kappa shape index (κ3) is 3.76. The summed E-state index contributed by atoms with van der Waals surface area (Å²) in [4.78, 5) is 42.3. The Morgan fingerprint density at radius 2 is 1.88 bits per heavy atom. The topological polar surface area (TPSA) is 79.0 Å². The minimum absolute atomic E-state index is 0.0740. The molecule has 168 valence electrons. The third-order valence-electron chi connectivity index (χ3n) is 7.39. The quantitative estimate of drug-likeness (QED) is 0.494. The highest BCUT2D eigenvalue weighted by molar-refractivity contribution is 7.17. The molecule has 6 nitrogen and oxygen atoms in total. The first-order chi connectivity index (χ1) is 15.5. The summed E-state index contributed by atoms with van der Waals surface area (Å²) in [6, 6.07) is 4.16. The van der Waals surface area contributed by atoms with Crippen LogP contribution in [0.3, 0.4) is 0 Å².